The summed E-state index contributed by atoms with van der Waals surface area (Å²) in [6.07, 6.45) is 5.39. The maximum absolute atomic E-state index is 12.6. The number of nitriles is 1. The van der Waals surface area contributed by atoms with E-state index in [1.54, 1.807) is 29.6 Å². The van der Waals surface area contributed by atoms with Crippen LogP contribution >= 0.6 is 11.3 Å². The highest BCUT2D eigenvalue weighted by Crippen LogP contribution is 2.28. The average Bonchev–Trinajstić information content (AvgIpc) is 3.20. The molecule has 0 saturated heterocycles. The lowest BCUT2D eigenvalue weighted by molar-refractivity contribution is 0.0772. The zero-order valence-electron chi connectivity index (χ0n) is 14.8. The Hall–Kier alpha value is -3.31. The molecule has 0 aromatic carbocycles. The molecule has 0 atom stereocenters. The number of aromatic nitrogens is 3. The highest BCUT2D eigenvalue weighted by atomic mass is 32.1. The quantitative estimate of drug-likeness (QED) is 0.673. The van der Waals surface area contributed by atoms with Gasteiger partial charge in [0.15, 0.2) is 0 Å². The lowest BCUT2D eigenvalue weighted by atomic mass is 10.3. The molecule has 3 heterocycles. The molecule has 3 aromatic rings. The van der Waals surface area contributed by atoms with Gasteiger partial charge in [0.1, 0.15) is 0 Å². The normalized spacial score (nSPS) is 10.2. The molecule has 0 aliphatic carbocycles. The van der Waals surface area contributed by atoms with E-state index in [2.05, 4.69) is 26.3 Å². The van der Waals surface area contributed by atoms with E-state index in [0.29, 0.717) is 30.3 Å². The maximum Gasteiger partial charge on any atom is 0.263 e. The predicted octanol–water partition coefficient (Wildman–Crippen LogP) is 3.72. The van der Waals surface area contributed by atoms with Crippen molar-refractivity contribution < 1.29 is 4.79 Å². The van der Waals surface area contributed by atoms with Crippen molar-refractivity contribution in [3.63, 3.8) is 0 Å². The monoisotopic (exact) mass is 378 g/mol. The van der Waals surface area contributed by atoms with Crippen LogP contribution in [-0.4, -0.2) is 38.8 Å². The second-order valence-corrected chi connectivity index (χ2v) is 6.67. The van der Waals surface area contributed by atoms with Gasteiger partial charge in [-0.25, -0.2) is 9.97 Å². The number of carbonyl (C=O) groups is 1. The Morgan fingerprint density at radius 2 is 2.19 bits per heavy atom. The van der Waals surface area contributed by atoms with E-state index in [4.69, 9.17) is 5.26 Å². The van der Waals surface area contributed by atoms with E-state index in [9.17, 15) is 4.79 Å². The number of nitrogens with one attached hydrogen (secondary N) is 1. The first-order valence-corrected chi connectivity index (χ1v) is 9.29. The second-order valence-electron chi connectivity index (χ2n) is 5.59. The molecule has 0 radical (unpaired) electrons. The molecular weight excluding hydrogens is 360 g/mol. The third-order valence-electron chi connectivity index (χ3n) is 3.80. The fourth-order valence-corrected chi connectivity index (χ4v) is 3.40. The lowest BCUT2D eigenvalue weighted by Crippen LogP contribution is -2.31. The van der Waals surface area contributed by atoms with Gasteiger partial charge in [0.05, 0.1) is 39.8 Å². The molecule has 1 amide bonds. The summed E-state index contributed by atoms with van der Waals surface area (Å²) in [5.74, 6) is 0.401. The van der Waals surface area contributed by atoms with Gasteiger partial charge in [-0.2, -0.15) is 5.26 Å². The summed E-state index contributed by atoms with van der Waals surface area (Å²) < 4.78 is 0. The molecule has 0 saturated carbocycles. The molecule has 1 N–H and O–H groups in total. The number of amides is 1. The summed E-state index contributed by atoms with van der Waals surface area (Å²) in [5, 5.41) is 11.8. The summed E-state index contributed by atoms with van der Waals surface area (Å²) in [6, 6.07) is 11.3. The van der Waals surface area contributed by atoms with Crippen molar-refractivity contribution >= 4 is 28.9 Å². The molecule has 7 nitrogen and oxygen atoms in total. The zero-order chi connectivity index (χ0) is 19.1. The van der Waals surface area contributed by atoms with Crippen LogP contribution in [0.1, 0.15) is 23.0 Å². The third-order valence-corrected chi connectivity index (χ3v) is 4.90. The van der Waals surface area contributed by atoms with Crippen LogP contribution in [0, 0.1) is 11.3 Å². The Morgan fingerprint density at radius 1 is 1.30 bits per heavy atom. The molecule has 3 rings (SSSR count). The maximum atomic E-state index is 12.6. The van der Waals surface area contributed by atoms with Gasteiger partial charge in [-0.15, -0.1) is 11.3 Å². The van der Waals surface area contributed by atoms with Crippen LogP contribution in [0.25, 0.3) is 10.6 Å². The predicted molar refractivity (Wildman–Crippen MR) is 105 cm³/mol. The first-order chi connectivity index (χ1) is 13.2. The van der Waals surface area contributed by atoms with E-state index >= 15 is 0 Å². The topological polar surface area (TPSA) is 94.8 Å². The molecule has 27 heavy (non-hydrogen) atoms. The van der Waals surface area contributed by atoms with Crippen LogP contribution in [0.5, 0.6) is 0 Å². The number of carbonyl (C=O) groups excluding carboxylic acids is 1. The van der Waals surface area contributed by atoms with Crippen molar-refractivity contribution in [1.29, 1.82) is 5.26 Å². The van der Waals surface area contributed by atoms with Crippen molar-refractivity contribution in [3.8, 4) is 16.6 Å². The van der Waals surface area contributed by atoms with E-state index in [0.717, 1.165) is 16.3 Å². The fraction of sp³-hybridized carbons (Fsp3) is 0.211. The first-order valence-electron chi connectivity index (χ1n) is 8.47. The molecule has 0 spiro atoms. The van der Waals surface area contributed by atoms with Crippen LogP contribution in [0.2, 0.25) is 0 Å². The second kappa shape index (κ2) is 8.87. The summed E-state index contributed by atoms with van der Waals surface area (Å²) >= 11 is 1.38. The van der Waals surface area contributed by atoms with Crippen LogP contribution in [0.4, 0.5) is 11.6 Å². The number of nitrogens with zero attached hydrogens (tertiary/aromatic N) is 5. The van der Waals surface area contributed by atoms with E-state index in [1.807, 2.05) is 31.2 Å². The van der Waals surface area contributed by atoms with Gasteiger partial charge < -0.3 is 10.2 Å². The number of thiophene rings is 1. The smallest absolute Gasteiger partial charge is 0.263 e. The molecular formula is C19H18N6OS. The van der Waals surface area contributed by atoms with Gasteiger partial charge in [0, 0.05) is 25.5 Å². The Morgan fingerprint density at radius 3 is 2.93 bits per heavy atom. The highest BCUT2D eigenvalue weighted by molar-refractivity contribution is 7.17. The molecule has 136 valence electrons. The molecule has 0 unspecified atom stereocenters. The van der Waals surface area contributed by atoms with E-state index < -0.39 is 0 Å². The zero-order valence-corrected chi connectivity index (χ0v) is 15.6. The molecule has 0 fully saturated rings. The van der Waals surface area contributed by atoms with Gasteiger partial charge in [-0.3, -0.25) is 9.78 Å². The van der Waals surface area contributed by atoms with Gasteiger partial charge in [-0.05, 0) is 37.3 Å². The van der Waals surface area contributed by atoms with Gasteiger partial charge >= 0.3 is 0 Å². The summed E-state index contributed by atoms with van der Waals surface area (Å²) in [6.45, 7) is 2.91. The van der Waals surface area contributed by atoms with Crippen LogP contribution in [-0.2, 0) is 0 Å². The number of hydrogen-bond donors (Lipinski definition) is 1. The first kappa shape index (κ1) is 18.5. The Balaban J connectivity index is 1.77. The summed E-state index contributed by atoms with van der Waals surface area (Å²) in [5.41, 5.74) is 1.54. The molecule has 0 aliphatic rings. The SMILES string of the molecule is CCN(CCC#N)C(=O)c1ccc(-c2ccnc(Nc3cccnc3)n2)s1. The molecule has 3 aromatic heterocycles. The number of anilines is 2. The summed E-state index contributed by atoms with van der Waals surface area (Å²) in [4.78, 5) is 28.6. The largest absolute Gasteiger partial charge is 0.337 e. The van der Waals surface area contributed by atoms with Crippen molar-refractivity contribution in [2.75, 3.05) is 18.4 Å². The van der Waals surface area contributed by atoms with Crippen molar-refractivity contribution in [2.45, 2.75) is 13.3 Å². The molecule has 0 bridgehead atoms. The number of hydrogen-bond acceptors (Lipinski definition) is 7. The van der Waals surface area contributed by atoms with Crippen molar-refractivity contribution in [3.05, 3.63) is 53.8 Å². The van der Waals surface area contributed by atoms with Gasteiger partial charge in [-0.1, -0.05) is 0 Å². The van der Waals surface area contributed by atoms with Gasteiger partial charge in [0.25, 0.3) is 5.91 Å². The third kappa shape index (κ3) is 4.65. The van der Waals surface area contributed by atoms with E-state index in [-0.39, 0.29) is 5.91 Å². The Labute approximate surface area is 161 Å². The summed E-state index contributed by atoms with van der Waals surface area (Å²) in [7, 11) is 0. The number of pyridine rings is 1. The molecule has 0 aliphatic heterocycles. The highest BCUT2D eigenvalue weighted by Gasteiger charge is 2.17. The number of rotatable bonds is 7. The Kier molecular flexibility index (Phi) is 6.07. The van der Waals surface area contributed by atoms with Crippen LogP contribution < -0.4 is 5.32 Å². The van der Waals surface area contributed by atoms with Crippen LogP contribution in [0.15, 0.2) is 48.9 Å². The van der Waals surface area contributed by atoms with Crippen LogP contribution in [0.3, 0.4) is 0 Å². The fourth-order valence-electron chi connectivity index (χ4n) is 2.46. The lowest BCUT2D eigenvalue weighted by Gasteiger charge is -2.18. The van der Waals surface area contributed by atoms with E-state index in [1.165, 1.54) is 11.3 Å². The minimum Gasteiger partial charge on any atom is -0.337 e. The molecule has 8 heteroatoms. The minimum atomic E-state index is -0.0632. The van der Waals surface area contributed by atoms with Crippen molar-refractivity contribution in [2.24, 2.45) is 0 Å². The standard InChI is InChI=1S/C19H18N6OS/c1-2-25(12-4-9-20)18(26)17-7-6-16(27-17)15-8-11-22-19(24-15)23-14-5-3-10-21-13-14/h3,5-8,10-11,13H,2,4,12H2,1H3,(H,22,23,24). The minimum absolute atomic E-state index is 0.0632. The van der Waals surface area contributed by atoms with Gasteiger partial charge in [0.2, 0.25) is 5.95 Å². The van der Waals surface area contributed by atoms with Crippen molar-refractivity contribution in [1.82, 2.24) is 19.9 Å². The Bertz CT molecular complexity index is 950. The average molecular weight is 378 g/mol.